The number of rotatable bonds is 5. The Morgan fingerprint density at radius 2 is 1.78 bits per heavy atom. The molecular formula is C23H25FN6O2. The number of imidazole rings is 1. The molecule has 3 N–H and O–H groups in total. The van der Waals surface area contributed by atoms with E-state index in [4.69, 9.17) is 19.4 Å². The van der Waals surface area contributed by atoms with Crippen LogP contribution in [-0.2, 0) is 9.47 Å². The third kappa shape index (κ3) is 4.55. The maximum Gasteiger partial charge on any atom is 0.223 e. The highest BCUT2D eigenvalue weighted by molar-refractivity contribution is 5.77. The molecule has 5 rings (SSSR count). The number of aromatic amines is 1. The molecule has 9 heteroatoms. The molecule has 2 fully saturated rings. The van der Waals surface area contributed by atoms with E-state index in [0.29, 0.717) is 48.1 Å². The molecule has 2 aliphatic rings. The van der Waals surface area contributed by atoms with Crippen molar-refractivity contribution >= 4 is 5.95 Å². The van der Waals surface area contributed by atoms with Crippen molar-refractivity contribution in [2.24, 2.45) is 0 Å². The first-order chi connectivity index (χ1) is 15.7. The number of piperidine rings is 1. The van der Waals surface area contributed by atoms with Crippen LogP contribution in [0.25, 0.3) is 22.6 Å². The van der Waals surface area contributed by atoms with E-state index in [1.165, 1.54) is 12.1 Å². The van der Waals surface area contributed by atoms with Gasteiger partial charge in [0.05, 0.1) is 30.3 Å². The molecular weight excluding hydrogens is 411 g/mol. The van der Waals surface area contributed by atoms with Gasteiger partial charge in [-0.3, -0.25) is 0 Å². The summed E-state index contributed by atoms with van der Waals surface area (Å²) in [5.41, 5.74) is 3.64. The Morgan fingerprint density at radius 1 is 1.03 bits per heavy atom. The van der Waals surface area contributed by atoms with Gasteiger partial charge in [0.1, 0.15) is 5.82 Å². The summed E-state index contributed by atoms with van der Waals surface area (Å²) in [6, 6.07) is 8.36. The molecule has 8 nitrogen and oxygen atoms in total. The predicted octanol–water partition coefficient (Wildman–Crippen LogP) is 3.44. The van der Waals surface area contributed by atoms with E-state index < -0.39 is 6.29 Å². The lowest BCUT2D eigenvalue weighted by Gasteiger charge is -2.23. The number of nitrogens with one attached hydrogen (secondary N) is 3. The van der Waals surface area contributed by atoms with Crippen molar-refractivity contribution in [1.29, 1.82) is 0 Å². The lowest BCUT2D eigenvalue weighted by atomic mass is 10.1. The van der Waals surface area contributed by atoms with Crippen LogP contribution in [0.15, 0.2) is 48.7 Å². The first kappa shape index (κ1) is 20.7. The molecule has 0 bridgehead atoms. The average molecular weight is 436 g/mol. The summed E-state index contributed by atoms with van der Waals surface area (Å²) in [6.07, 6.45) is 3.12. The molecule has 1 aromatic carbocycles. The van der Waals surface area contributed by atoms with E-state index in [9.17, 15) is 4.39 Å². The van der Waals surface area contributed by atoms with Crippen LogP contribution in [-0.4, -0.2) is 52.3 Å². The molecule has 0 aliphatic carbocycles. The number of H-pyrrole nitrogens is 1. The van der Waals surface area contributed by atoms with Gasteiger partial charge in [0.2, 0.25) is 12.2 Å². The van der Waals surface area contributed by atoms with Gasteiger partial charge in [-0.25, -0.2) is 19.3 Å². The molecule has 0 atom stereocenters. The van der Waals surface area contributed by atoms with Gasteiger partial charge in [-0.05, 0) is 61.8 Å². The molecule has 2 aliphatic heterocycles. The third-order valence-corrected chi connectivity index (χ3v) is 5.52. The number of nitrogens with zero attached hydrogens (tertiary/aromatic N) is 3. The maximum absolute atomic E-state index is 13.5. The highest BCUT2D eigenvalue weighted by atomic mass is 19.1. The standard InChI is InChI=1S/C23H25FN6O2/c1-14-12-31-22(32-13-14)21-29-19(15-2-4-16(24)5-3-15)20(30-21)18-8-11-26-23(28-18)27-17-6-9-25-10-7-17/h2-5,8,11,17,22,25H,1,6-7,9-10,12-13H2,(H,29,30)(H,26,27,28). The average Bonchev–Trinajstić information content (AvgIpc) is 3.26. The minimum absolute atomic E-state index is 0.306. The number of aromatic nitrogens is 4. The number of benzene rings is 1. The largest absolute Gasteiger partial charge is 0.351 e. The first-order valence-corrected chi connectivity index (χ1v) is 10.7. The van der Waals surface area contributed by atoms with Crippen molar-refractivity contribution in [3.8, 4) is 22.6 Å². The Labute approximate surface area is 185 Å². The topological polar surface area (TPSA) is 97.0 Å². The smallest absolute Gasteiger partial charge is 0.223 e. The fourth-order valence-corrected chi connectivity index (χ4v) is 3.86. The Bertz CT molecular complexity index is 1080. The van der Waals surface area contributed by atoms with Gasteiger partial charge >= 0.3 is 0 Å². The van der Waals surface area contributed by atoms with Crippen LogP contribution >= 0.6 is 0 Å². The number of ether oxygens (including phenoxy) is 2. The number of halogens is 1. The zero-order valence-corrected chi connectivity index (χ0v) is 17.6. The van der Waals surface area contributed by atoms with E-state index in [0.717, 1.165) is 37.1 Å². The second-order valence-corrected chi connectivity index (χ2v) is 7.99. The van der Waals surface area contributed by atoms with E-state index in [2.05, 4.69) is 27.2 Å². The molecule has 32 heavy (non-hydrogen) atoms. The highest BCUT2D eigenvalue weighted by Gasteiger charge is 2.25. The molecule has 0 amide bonds. The zero-order chi connectivity index (χ0) is 21.9. The van der Waals surface area contributed by atoms with E-state index in [1.54, 1.807) is 18.3 Å². The minimum Gasteiger partial charge on any atom is -0.351 e. The SMILES string of the molecule is C=C1COC(c2nc(-c3ccc(F)cc3)c(-c3ccnc(NC4CCNCC4)n3)[nH]2)OC1. The lowest BCUT2D eigenvalue weighted by molar-refractivity contribution is -0.165. The number of anilines is 1. The molecule has 3 aromatic rings. The number of hydrogen-bond donors (Lipinski definition) is 3. The Hall–Kier alpha value is -3.14. The Balaban J connectivity index is 1.49. The first-order valence-electron chi connectivity index (χ1n) is 10.7. The molecule has 166 valence electrons. The molecule has 2 saturated heterocycles. The zero-order valence-electron chi connectivity index (χ0n) is 17.6. The molecule has 0 saturated carbocycles. The molecule has 0 spiro atoms. The Morgan fingerprint density at radius 3 is 2.53 bits per heavy atom. The Kier molecular flexibility index (Phi) is 5.93. The normalized spacial score (nSPS) is 18.1. The molecule has 0 radical (unpaired) electrons. The van der Waals surface area contributed by atoms with Crippen molar-refractivity contribution < 1.29 is 13.9 Å². The van der Waals surface area contributed by atoms with Crippen molar-refractivity contribution in [2.45, 2.75) is 25.2 Å². The van der Waals surface area contributed by atoms with Crippen molar-refractivity contribution in [3.05, 3.63) is 60.3 Å². The van der Waals surface area contributed by atoms with Crippen LogP contribution in [0, 0.1) is 5.82 Å². The summed E-state index contributed by atoms with van der Waals surface area (Å²) in [4.78, 5) is 17.2. The quantitative estimate of drug-likeness (QED) is 0.527. The van der Waals surface area contributed by atoms with Crippen LogP contribution in [0.5, 0.6) is 0 Å². The van der Waals surface area contributed by atoms with Gasteiger partial charge in [-0.15, -0.1) is 0 Å². The molecule has 0 unspecified atom stereocenters. The highest BCUT2D eigenvalue weighted by Crippen LogP contribution is 2.33. The van der Waals surface area contributed by atoms with Crippen LogP contribution in [0.4, 0.5) is 10.3 Å². The second-order valence-electron chi connectivity index (χ2n) is 7.99. The van der Waals surface area contributed by atoms with E-state index in [-0.39, 0.29) is 5.82 Å². The van der Waals surface area contributed by atoms with Gasteiger partial charge < -0.3 is 25.1 Å². The van der Waals surface area contributed by atoms with Gasteiger partial charge in [-0.2, -0.15) is 0 Å². The summed E-state index contributed by atoms with van der Waals surface area (Å²) in [6.45, 7) is 6.65. The van der Waals surface area contributed by atoms with Gasteiger partial charge in [-0.1, -0.05) is 6.58 Å². The van der Waals surface area contributed by atoms with Crippen LogP contribution < -0.4 is 10.6 Å². The fraction of sp³-hybridized carbons (Fsp3) is 0.348. The molecule has 4 heterocycles. The van der Waals surface area contributed by atoms with E-state index >= 15 is 0 Å². The van der Waals surface area contributed by atoms with Gasteiger partial charge in [0, 0.05) is 17.8 Å². The van der Waals surface area contributed by atoms with Crippen LogP contribution in [0.1, 0.15) is 25.0 Å². The van der Waals surface area contributed by atoms with Crippen molar-refractivity contribution in [2.75, 3.05) is 31.6 Å². The van der Waals surface area contributed by atoms with Crippen LogP contribution in [0.3, 0.4) is 0 Å². The lowest BCUT2D eigenvalue weighted by Crippen LogP contribution is -2.35. The summed E-state index contributed by atoms with van der Waals surface area (Å²) >= 11 is 0. The summed E-state index contributed by atoms with van der Waals surface area (Å²) < 4.78 is 25.0. The second kappa shape index (κ2) is 9.15. The summed E-state index contributed by atoms with van der Waals surface area (Å²) in [5, 5.41) is 6.78. The fourth-order valence-electron chi connectivity index (χ4n) is 3.86. The van der Waals surface area contributed by atoms with Crippen LogP contribution in [0.2, 0.25) is 0 Å². The number of hydrogen-bond acceptors (Lipinski definition) is 7. The third-order valence-electron chi connectivity index (χ3n) is 5.52. The predicted molar refractivity (Wildman–Crippen MR) is 118 cm³/mol. The van der Waals surface area contributed by atoms with Crippen molar-refractivity contribution in [1.82, 2.24) is 25.3 Å². The van der Waals surface area contributed by atoms with Crippen molar-refractivity contribution in [3.63, 3.8) is 0 Å². The van der Waals surface area contributed by atoms with Gasteiger partial charge in [0.25, 0.3) is 0 Å². The minimum atomic E-state index is -0.636. The van der Waals surface area contributed by atoms with E-state index in [1.807, 2.05) is 6.07 Å². The summed E-state index contributed by atoms with van der Waals surface area (Å²) in [7, 11) is 0. The monoisotopic (exact) mass is 436 g/mol. The maximum atomic E-state index is 13.5. The molecule has 2 aromatic heterocycles. The summed E-state index contributed by atoms with van der Waals surface area (Å²) in [5.74, 6) is 0.786. The van der Waals surface area contributed by atoms with Gasteiger partial charge in [0.15, 0.2) is 5.82 Å².